The number of hydrogen-bond donors (Lipinski definition) is 0. The van der Waals surface area contributed by atoms with E-state index in [1.807, 2.05) is 44.2 Å². The van der Waals surface area contributed by atoms with E-state index in [2.05, 4.69) is 59.3 Å². The molecule has 0 saturated carbocycles. The molecule has 0 amide bonds. The van der Waals surface area contributed by atoms with Gasteiger partial charge in [0.05, 0.1) is 12.8 Å². The van der Waals surface area contributed by atoms with E-state index in [1.165, 1.54) is 5.56 Å². The fraction of sp³-hybridized carbons (Fsp3) is 0.211. The van der Waals surface area contributed by atoms with Crippen molar-refractivity contribution in [3.8, 4) is 5.75 Å². The van der Waals surface area contributed by atoms with Gasteiger partial charge in [-0.15, -0.1) is 10.2 Å². The molecule has 27 heavy (non-hydrogen) atoms. The Labute approximate surface area is 179 Å². The van der Waals surface area contributed by atoms with Crippen LogP contribution in [0.15, 0.2) is 61.7 Å². The first kappa shape index (κ1) is 20.1. The van der Waals surface area contributed by atoms with Crippen LogP contribution in [-0.2, 0) is 5.75 Å². The first-order valence-corrected chi connectivity index (χ1v) is 10.9. The molecule has 3 aromatic rings. The van der Waals surface area contributed by atoms with Crippen LogP contribution in [0, 0.1) is 6.92 Å². The second-order valence-electron chi connectivity index (χ2n) is 5.62. The zero-order chi connectivity index (χ0) is 19.2. The molecule has 140 valence electrons. The molecule has 5 nitrogen and oxygen atoms in total. The minimum Gasteiger partial charge on any atom is -0.493 e. The van der Waals surface area contributed by atoms with Crippen molar-refractivity contribution in [3.05, 3.63) is 68.4 Å². The van der Waals surface area contributed by atoms with Gasteiger partial charge in [-0.2, -0.15) is 9.78 Å². The summed E-state index contributed by atoms with van der Waals surface area (Å²) in [5.74, 6) is 2.32. The van der Waals surface area contributed by atoms with Gasteiger partial charge >= 0.3 is 0 Å². The molecule has 1 heterocycles. The number of aromatic nitrogens is 3. The summed E-state index contributed by atoms with van der Waals surface area (Å²) in [5.41, 5.74) is 2.10. The number of ether oxygens (including phenoxy) is 1. The zero-order valence-corrected chi connectivity index (χ0v) is 18.9. The standard InChI is InChI=1S/C19H18Br2N4OS/c1-3-26-18-9-8-17(21)10-15(18)11-22-25-13(2)23-24-19(25)27-12-14-4-6-16(20)7-5-14/h4-11H,3,12H2,1-2H3/b22-11-. The summed E-state index contributed by atoms with van der Waals surface area (Å²) in [6, 6.07) is 14.1. The molecule has 0 bridgehead atoms. The number of halogens is 2. The molecule has 3 rings (SSSR count). The maximum atomic E-state index is 5.68. The van der Waals surface area contributed by atoms with Crippen LogP contribution in [0.25, 0.3) is 0 Å². The second-order valence-corrected chi connectivity index (χ2v) is 8.39. The summed E-state index contributed by atoms with van der Waals surface area (Å²) in [5, 5.41) is 13.7. The highest BCUT2D eigenvalue weighted by molar-refractivity contribution is 9.10. The van der Waals surface area contributed by atoms with Crippen LogP contribution in [0.5, 0.6) is 5.75 Å². The van der Waals surface area contributed by atoms with Gasteiger partial charge in [-0.25, -0.2) is 0 Å². The molecule has 1 aromatic heterocycles. The molecular formula is C19H18Br2N4OS. The number of rotatable bonds is 7. The number of hydrogen-bond acceptors (Lipinski definition) is 5. The monoisotopic (exact) mass is 508 g/mol. The van der Waals surface area contributed by atoms with Crippen molar-refractivity contribution in [2.75, 3.05) is 6.61 Å². The van der Waals surface area contributed by atoms with Crippen LogP contribution in [-0.4, -0.2) is 27.7 Å². The van der Waals surface area contributed by atoms with Gasteiger partial charge < -0.3 is 4.74 Å². The van der Waals surface area contributed by atoms with Crippen molar-refractivity contribution in [3.63, 3.8) is 0 Å². The Morgan fingerprint density at radius 2 is 1.85 bits per heavy atom. The molecular weight excluding hydrogens is 492 g/mol. The first-order valence-electron chi connectivity index (χ1n) is 8.32. The Hall–Kier alpha value is -1.64. The average molecular weight is 510 g/mol. The third-order valence-corrected chi connectivity index (χ3v) is 5.65. The fourth-order valence-corrected chi connectivity index (χ4v) is 3.85. The van der Waals surface area contributed by atoms with Gasteiger partial charge in [0.2, 0.25) is 5.16 Å². The quantitative estimate of drug-likeness (QED) is 0.303. The molecule has 0 aliphatic rings. The molecule has 0 spiro atoms. The summed E-state index contributed by atoms with van der Waals surface area (Å²) in [7, 11) is 0. The number of benzene rings is 2. The Balaban J connectivity index is 1.79. The highest BCUT2D eigenvalue weighted by Crippen LogP contribution is 2.24. The summed E-state index contributed by atoms with van der Waals surface area (Å²) in [6.07, 6.45) is 1.77. The molecule has 0 aliphatic carbocycles. The van der Waals surface area contributed by atoms with Crippen molar-refractivity contribution in [1.82, 2.24) is 14.9 Å². The molecule has 0 aliphatic heterocycles. The van der Waals surface area contributed by atoms with E-state index in [1.54, 1.807) is 22.7 Å². The van der Waals surface area contributed by atoms with Crippen molar-refractivity contribution in [1.29, 1.82) is 0 Å². The largest absolute Gasteiger partial charge is 0.493 e. The summed E-state index contributed by atoms with van der Waals surface area (Å²) < 4.78 is 9.46. The molecule has 2 aromatic carbocycles. The Bertz CT molecular complexity index is 941. The number of nitrogens with zero attached hydrogens (tertiary/aromatic N) is 4. The third kappa shape index (κ3) is 5.43. The number of aryl methyl sites for hydroxylation is 1. The normalized spacial score (nSPS) is 11.3. The highest BCUT2D eigenvalue weighted by atomic mass is 79.9. The van der Waals surface area contributed by atoms with E-state index in [4.69, 9.17) is 4.74 Å². The Kier molecular flexibility index (Phi) is 7.09. The van der Waals surface area contributed by atoms with Crippen LogP contribution in [0.3, 0.4) is 0 Å². The summed E-state index contributed by atoms with van der Waals surface area (Å²) in [6.45, 7) is 4.45. The maximum Gasteiger partial charge on any atom is 0.212 e. The Morgan fingerprint density at radius 1 is 1.11 bits per heavy atom. The van der Waals surface area contributed by atoms with Crippen molar-refractivity contribution in [2.24, 2.45) is 5.10 Å². The first-order chi connectivity index (χ1) is 13.1. The molecule has 8 heteroatoms. The van der Waals surface area contributed by atoms with Crippen LogP contribution in [0.1, 0.15) is 23.9 Å². The van der Waals surface area contributed by atoms with Gasteiger partial charge in [0, 0.05) is 20.3 Å². The maximum absolute atomic E-state index is 5.68. The van der Waals surface area contributed by atoms with E-state index >= 15 is 0 Å². The van der Waals surface area contributed by atoms with Crippen LogP contribution < -0.4 is 4.74 Å². The molecule has 0 radical (unpaired) electrons. The van der Waals surface area contributed by atoms with Crippen molar-refractivity contribution < 1.29 is 4.74 Å². The predicted molar refractivity (Wildman–Crippen MR) is 117 cm³/mol. The molecule has 0 N–H and O–H groups in total. The van der Waals surface area contributed by atoms with Gasteiger partial charge in [0.25, 0.3) is 0 Å². The Morgan fingerprint density at radius 3 is 2.59 bits per heavy atom. The topological polar surface area (TPSA) is 52.3 Å². The van der Waals surface area contributed by atoms with E-state index in [0.29, 0.717) is 6.61 Å². The summed E-state index contributed by atoms with van der Waals surface area (Å²) >= 11 is 8.55. The highest BCUT2D eigenvalue weighted by Gasteiger charge is 2.10. The molecule has 0 fully saturated rings. The zero-order valence-electron chi connectivity index (χ0n) is 14.9. The van der Waals surface area contributed by atoms with Gasteiger partial charge in [-0.3, -0.25) is 0 Å². The molecule has 0 unspecified atom stereocenters. The van der Waals surface area contributed by atoms with E-state index in [0.717, 1.165) is 37.0 Å². The predicted octanol–water partition coefficient (Wildman–Crippen LogP) is 5.68. The number of thioether (sulfide) groups is 1. The third-order valence-electron chi connectivity index (χ3n) is 3.63. The smallest absolute Gasteiger partial charge is 0.212 e. The lowest BCUT2D eigenvalue weighted by Crippen LogP contribution is -1.99. The van der Waals surface area contributed by atoms with E-state index in [9.17, 15) is 0 Å². The van der Waals surface area contributed by atoms with Gasteiger partial charge in [0.15, 0.2) is 5.82 Å². The van der Waals surface area contributed by atoms with Crippen LogP contribution in [0.2, 0.25) is 0 Å². The minimum absolute atomic E-state index is 0.600. The lowest BCUT2D eigenvalue weighted by Gasteiger charge is -2.07. The van der Waals surface area contributed by atoms with Gasteiger partial charge in [0.1, 0.15) is 5.75 Å². The average Bonchev–Trinajstić information content (AvgIpc) is 3.01. The summed E-state index contributed by atoms with van der Waals surface area (Å²) in [4.78, 5) is 0. The lowest BCUT2D eigenvalue weighted by molar-refractivity contribution is 0.339. The van der Waals surface area contributed by atoms with E-state index < -0.39 is 0 Å². The van der Waals surface area contributed by atoms with Gasteiger partial charge in [-0.05, 0) is 49.7 Å². The van der Waals surface area contributed by atoms with Crippen LogP contribution in [0.4, 0.5) is 0 Å². The SMILES string of the molecule is CCOc1ccc(Br)cc1/C=N\n1c(C)nnc1SCc1ccc(Br)cc1. The molecule has 0 atom stereocenters. The fourth-order valence-electron chi connectivity index (χ4n) is 2.32. The van der Waals surface area contributed by atoms with Crippen molar-refractivity contribution >= 4 is 49.8 Å². The second kappa shape index (κ2) is 9.52. The minimum atomic E-state index is 0.600. The molecule has 0 saturated heterocycles. The van der Waals surface area contributed by atoms with Crippen LogP contribution >= 0.6 is 43.6 Å². The van der Waals surface area contributed by atoms with Gasteiger partial charge in [-0.1, -0.05) is 55.8 Å². The van der Waals surface area contributed by atoms with E-state index in [-0.39, 0.29) is 0 Å². The lowest BCUT2D eigenvalue weighted by atomic mass is 10.2. The van der Waals surface area contributed by atoms with Crippen molar-refractivity contribution in [2.45, 2.75) is 24.8 Å².